The van der Waals surface area contributed by atoms with Crippen LogP contribution in [-0.4, -0.2) is 8.42 Å². The van der Waals surface area contributed by atoms with Gasteiger partial charge < -0.3 is 4.74 Å². The van der Waals surface area contributed by atoms with E-state index in [4.69, 9.17) is 16.3 Å². The number of rotatable bonds is 6. The van der Waals surface area contributed by atoms with Crippen molar-refractivity contribution in [2.45, 2.75) is 11.5 Å². The summed E-state index contributed by atoms with van der Waals surface area (Å²) >= 11 is 5.79. The van der Waals surface area contributed by atoms with Gasteiger partial charge in [0.05, 0.1) is 4.90 Å². The van der Waals surface area contributed by atoms with Crippen LogP contribution in [0.5, 0.6) is 5.75 Å². The zero-order chi connectivity index (χ0) is 20.9. The van der Waals surface area contributed by atoms with Crippen molar-refractivity contribution in [2.24, 2.45) is 0 Å². The van der Waals surface area contributed by atoms with Crippen LogP contribution in [0.15, 0.2) is 82.6 Å². The molecule has 0 radical (unpaired) electrons. The van der Waals surface area contributed by atoms with Crippen LogP contribution in [0.2, 0.25) is 5.02 Å². The van der Waals surface area contributed by atoms with E-state index in [0.717, 1.165) is 0 Å². The molecule has 4 nitrogen and oxygen atoms in total. The third kappa shape index (κ3) is 5.02. The van der Waals surface area contributed by atoms with E-state index in [1.165, 1.54) is 36.4 Å². The lowest BCUT2D eigenvalue weighted by atomic mass is 10.2. The third-order valence-corrected chi connectivity index (χ3v) is 5.99. The molecule has 0 aromatic heterocycles. The quantitative estimate of drug-likeness (QED) is 0.494. The summed E-state index contributed by atoms with van der Waals surface area (Å²) < 4.78 is 44.5. The fraction of sp³-hybridized carbons (Fsp3) is 0.0455. The summed E-state index contributed by atoms with van der Waals surface area (Å²) in [6, 6.07) is 20.1. The highest BCUT2D eigenvalue weighted by Gasteiger charge is 2.20. The molecule has 29 heavy (non-hydrogen) atoms. The average Bonchev–Trinajstić information content (AvgIpc) is 2.72. The van der Waals surface area contributed by atoms with E-state index >= 15 is 0 Å². The maximum atomic E-state index is 13.6. The van der Waals surface area contributed by atoms with Gasteiger partial charge in [-0.2, -0.15) is 5.26 Å². The van der Waals surface area contributed by atoms with Crippen molar-refractivity contribution in [3.8, 4) is 11.8 Å². The van der Waals surface area contributed by atoms with Gasteiger partial charge in [-0.05, 0) is 54.1 Å². The van der Waals surface area contributed by atoms with Crippen molar-refractivity contribution in [2.75, 3.05) is 0 Å². The van der Waals surface area contributed by atoms with Gasteiger partial charge in [-0.15, -0.1) is 0 Å². The summed E-state index contributed by atoms with van der Waals surface area (Å²) in [7, 11) is -3.96. The highest BCUT2D eigenvalue weighted by molar-refractivity contribution is 7.95. The molecule has 0 aliphatic rings. The maximum absolute atomic E-state index is 13.6. The molecule has 0 heterocycles. The molecule has 3 aromatic carbocycles. The second-order valence-corrected chi connectivity index (χ2v) is 8.38. The van der Waals surface area contributed by atoms with E-state index in [1.807, 2.05) is 0 Å². The van der Waals surface area contributed by atoms with Crippen LogP contribution in [-0.2, 0) is 16.4 Å². The molecule has 0 aliphatic carbocycles. The molecule has 0 atom stereocenters. The largest absolute Gasteiger partial charge is 0.489 e. The lowest BCUT2D eigenvalue weighted by Crippen LogP contribution is -2.03. The van der Waals surface area contributed by atoms with Gasteiger partial charge in [-0.25, -0.2) is 12.8 Å². The molecule has 0 amide bonds. The first-order chi connectivity index (χ1) is 13.9. The SMILES string of the molecule is N#CC(=Cc1ccc(OCc2ccccc2F)cc1)S(=O)(=O)c1ccc(Cl)cc1. The average molecular weight is 428 g/mol. The first-order valence-electron chi connectivity index (χ1n) is 8.49. The number of sulfone groups is 1. The number of nitriles is 1. The minimum absolute atomic E-state index is 0.0143. The Labute approximate surface area is 173 Å². The van der Waals surface area contributed by atoms with Gasteiger partial charge in [0.25, 0.3) is 0 Å². The molecule has 0 saturated heterocycles. The van der Waals surface area contributed by atoms with Crippen molar-refractivity contribution in [1.82, 2.24) is 0 Å². The van der Waals surface area contributed by atoms with Crippen LogP contribution >= 0.6 is 11.6 Å². The summed E-state index contributed by atoms with van der Waals surface area (Å²) in [5, 5.41) is 9.75. The standard InChI is InChI=1S/C22H15ClFNO3S/c23-18-7-11-20(12-8-18)29(26,27)21(14-25)13-16-5-9-19(10-6-16)28-15-17-3-1-2-4-22(17)24/h1-13H,15H2. The van der Waals surface area contributed by atoms with Crippen molar-refractivity contribution >= 4 is 27.5 Å². The van der Waals surface area contributed by atoms with Gasteiger partial charge in [0, 0.05) is 10.6 Å². The molecule has 0 spiro atoms. The Morgan fingerprint density at radius 1 is 1.03 bits per heavy atom. The molecular formula is C22H15ClFNO3S. The molecule has 0 N–H and O–H groups in total. The predicted octanol–water partition coefficient (Wildman–Crippen LogP) is 5.40. The highest BCUT2D eigenvalue weighted by Crippen LogP contribution is 2.24. The van der Waals surface area contributed by atoms with Crippen molar-refractivity contribution < 1.29 is 17.5 Å². The number of benzene rings is 3. The van der Waals surface area contributed by atoms with Crippen LogP contribution in [0.25, 0.3) is 6.08 Å². The van der Waals surface area contributed by atoms with Gasteiger partial charge in [0.2, 0.25) is 9.84 Å². The Hall–Kier alpha value is -3.14. The van der Waals surface area contributed by atoms with Gasteiger partial charge in [-0.1, -0.05) is 41.9 Å². The van der Waals surface area contributed by atoms with Crippen molar-refractivity contribution in [1.29, 1.82) is 5.26 Å². The molecule has 3 rings (SSSR count). The van der Waals surface area contributed by atoms with Crippen molar-refractivity contribution in [3.63, 3.8) is 0 Å². The fourth-order valence-corrected chi connectivity index (χ4v) is 3.78. The van der Waals surface area contributed by atoms with Crippen LogP contribution in [0.3, 0.4) is 0 Å². The van der Waals surface area contributed by atoms with Crippen molar-refractivity contribution in [3.05, 3.63) is 99.7 Å². The van der Waals surface area contributed by atoms with E-state index in [-0.39, 0.29) is 22.2 Å². The number of halogens is 2. The minimum atomic E-state index is -3.96. The van der Waals surface area contributed by atoms with Gasteiger partial charge in [0.1, 0.15) is 29.1 Å². The topological polar surface area (TPSA) is 67.2 Å². The normalized spacial score (nSPS) is 11.7. The Morgan fingerprint density at radius 3 is 2.31 bits per heavy atom. The fourth-order valence-electron chi connectivity index (χ4n) is 2.50. The first-order valence-corrected chi connectivity index (χ1v) is 10.3. The van der Waals surface area contributed by atoms with E-state index in [0.29, 0.717) is 21.9 Å². The number of nitrogens with zero attached hydrogens (tertiary/aromatic N) is 1. The summed E-state index contributed by atoms with van der Waals surface area (Å²) in [4.78, 5) is -0.403. The molecule has 7 heteroatoms. The second kappa shape index (κ2) is 8.91. The zero-order valence-corrected chi connectivity index (χ0v) is 16.6. The predicted molar refractivity (Wildman–Crippen MR) is 109 cm³/mol. The summed E-state index contributed by atoms with van der Waals surface area (Å²) in [5.74, 6) is 0.141. The van der Waals surface area contributed by atoms with Gasteiger partial charge in [0.15, 0.2) is 0 Å². The Bertz CT molecular complexity index is 1180. The smallest absolute Gasteiger partial charge is 0.216 e. The van der Waals surface area contributed by atoms with Crippen LogP contribution in [0.4, 0.5) is 4.39 Å². The molecular weight excluding hydrogens is 413 g/mol. The number of ether oxygens (including phenoxy) is 1. The molecule has 0 unspecified atom stereocenters. The maximum Gasteiger partial charge on any atom is 0.216 e. The van der Waals surface area contributed by atoms with Crippen LogP contribution in [0, 0.1) is 17.1 Å². The van der Waals surface area contributed by atoms with E-state index in [1.54, 1.807) is 48.5 Å². The molecule has 0 aliphatic heterocycles. The number of allylic oxidation sites excluding steroid dienone is 1. The summed E-state index contributed by atoms with van der Waals surface area (Å²) in [5.41, 5.74) is 0.939. The monoisotopic (exact) mass is 427 g/mol. The van der Waals surface area contributed by atoms with Gasteiger partial charge in [-0.3, -0.25) is 0 Å². The zero-order valence-electron chi connectivity index (χ0n) is 15.0. The van der Waals surface area contributed by atoms with E-state index in [2.05, 4.69) is 0 Å². The van der Waals surface area contributed by atoms with Crippen LogP contribution < -0.4 is 4.74 Å². The van der Waals surface area contributed by atoms with E-state index in [9.17, 15) is 18.1 Å². The van der Waals surface area contributed by atoms with E-state index < -0.39 is 9.84 Å². The Kier molecular flexibility index (Phi) is 6.32. The highest BCUT2D eigenvalue weighted by atomic mass is 35.5. The number of hydrogen-bond acceptors (Lipinski definition) is 4. The molecule has 0 saturated carbocycles. The lowest BCUT2D eigenvalue weighted by Gasteiger charge is -2.07. The molecule has 0 fully saturated rings. The summed E-state index contributed by atoms with van der Waals surface area (Å²) in [6.07, 6.45) is 1.28. The van der Waals surface area contributed by atoms with Gasteiger partial charge >= 0.3 is 0 Å². The number of hydrogen-bond donors (Lipinski definition) is 0. The molecule has 3 aromatic rings. The molecule has 146 valence electrons. The summed E-state index contributed by atoms with van der Waals surface area (Å²) in [6.45, 7) is 0.0657. The minimum Gasteiger partial charge on any atom is -0.489 e. The lowest BCUT2D eigenvalue weighted by molar-refractivity contribution is 0.300. The first kappa shape index (κ1) is 20.6. The molecule has 0 bridgehead atoms. The Balaban J connectivity index is 1.77. The second-order valence-electron chi connectivity index (χ2n) is 6.03. The third-order valence-electron chi connectivity index (χ3n) is 4.05. The Morgan fingerprint density at radius 2 is 1.69 bits per heavy atom. The van der Waals surface area contributed by atoms with Crippen LogP contribution in [0.1, 0.15) is 11.1 Å².